The van der Waals surface area contributed by atoms with Gasteiger partial charge in [0, 0.05) is 42.9 Å². The van der Waals surface area contributed by atoms with Crippen LogP contribution in [0.25, 0.3) is 16.6 Å². The summed E-state index contributed by atoms with van der Waals surface area (Å²) in [6.45, 7) is 8.69. The monoisotopic (exact) mass is 410 g/mol. The summed E-state index contributed by atoms with van der Waals surface area (Å²) in [6.07, 6.45) is 7.70. The summed E-state index contributed by atoms with van der Waals surface area (Å²) in [5, 5.41) is 2.88. The number of hydrogen-bond acceptors (Lipinski definition) is 6. The highest BCUT2D eigenvalue weighted by Gasteiger charge is 2.31. The van der Waals surface area contributed by atoms with Crippen molar-refractivity contribution in [2.24, 2.45) is 16.6 Å². The predicted molar refractivity (Wildman–Crippen MR) is 117 cm³/mol. The Balaban J connectivity index is 1.73. The zero-order valence-electron chi connectivity index (χ0n) is 18.1. The molecule has 0 spiro atoms. The summed E-state index contributed by atoms with van der Waals surface area (Å²) in [7, 11) is 0. The SMILES string of the molecule is C[C@@H](Oc1nc(C(C=NC(C)(C)C)=CN)cc2ncn(C3CC3)c12)[C@H]1CNC(=O)C1. The van der Waals surface area contributed by atoms with Gasteiger partial charge in [0.25, 0.3) is 0 Å². The Morgan fingerprint density at radius 2 is 2.20 bits per heavy atom. The fourth-order valence-electron chi connectivity index (χ4n) is 3.57. The number of carbonyl (C=O) groups is 1. The first-order valence-electron chi connectivity index (χ1n) is 10.5. The van der Waals surface area contributed by atoms with E-state index in [1.54, 1.807) is 6.21 Å². The second kappa shape index (κ2) is 7.74. The molecule has 4 rings (SSSR count). The molecule has 0 radical (unpaired) electrons. The minimum Gasteiger partial charge on any atom is -0.473 e. The average Bonchev–Trinajstić information content (AvgIpc) is 3.28. The van der Waals surface area contributed by atoms with E-state index in [2.05, 4.69) is 19.9 Å². The molecule has 2 aliphatic rings. The lowest BCUT2D eigenvalue weighted by Gasteiger charge is -2.20. The third-order valence-corrected chi connectivity index (χ3v) is 5.50. The number of imidazole rings is 1. The van der Waals surface area contributed by atoms with Crippen molar-refractivity contribution in [2.75, 3.05) is 6.54 Å². The van der Waals surface area contributed by atoms with Gasteiger partial charge in [-0.3, -0.25) is 9.79 Å². The molecule has 0 unspecified atom stereocenters. The quantitative estimate of drug-likeness (QED) is 0.712. The number of nitrogens with two attached hydrogens (primary N) is 1. The Bertz CT molecular complexity index is 1010. The molecule has 8 nitrogen and oxygen atoms in total. The maximum atomic E-state index is 11.6. The summed E-state index contributed by atoms with van der Waals surface area (Å²) >= 11 is 0. The Hall–Kier alpha value is -2.90. The second-order valence-electron chi connectivity index (χ2n) is 9.21. The Morgan fingerprint density at radius 3 is 2.80 bits per heavy atom. The number of aromatic nitrogens is 3. The van der Waals surface area contributed by atoms with Gasteiger partial charge in [-0.2, -0.15) is 0 Å². The van der Waals surface area contributed by atoms with Crippen LogP contribution in [0.1, 0.15) is 58.7 Å². The highest BCUT2D eigenvalue weighted by atomic mass is 16.5. The standard InChI is InChI=1S/C22H30N6O2/c1-13(14-7-19(29)24-10-14)30-21-20-18(25-12-28(20)16-5-6-16)8-17(27-21)15(9-23)11-26-22(2,3)4/h8-9,11-14,16H,5-7,10,23H2,1-4H3,(H,24,29)/t13-,14-/m1/s1. The third-order valence-electron chi connectivity index (χ3n) is 5.50. The van der Waals surface area contributed by atoms with Gasteiger partial charge >= 0.3 is 0 Å². The van der Waals surface area contributed by atoms with Crippen LogP contribution in [-0.2, 0) is 4.79 Å². The first-order chi connectivity index (χ1) is 14.2. The van der Waals surface area contributed by atoms with Crippen LogP contribution in [0.3, 0.4) is 0 Å². The van der Waals surface area contributed by atoms with Crippen LogP contribution in [0.15, 0.2) is 23.6 Å². The largest absolute Gasteiger partial charge is 0.473 e. The van der Waals surface area contributed by atoms with Crippen LogP contribution in [0.5, 0.6) is 5.88 Å². The van der Waals surface area contributed by atoms with Gasteiger partial charge in [0.1, 0.15) is 11.6 Å². The molecule has 3 N–H and O–H groups in total. The average molecular weight is 411 g/mol. The van der Waals surface area contributed by atoms with Crippen LogP contribution < -0.4 is 15.8 Å². The van der Waals surface area contributed by atoms with Gasteiger partial charge in [0.05, 0.1) is 23.1 Å². The summed E-state index contributed by atoms with van der Waals surface area (Å²) in [5.74, 6) is 0.710. The second-order valence-corrected chi connectivity index (χ2v) is 9.21. The van der Waals surface area contributed by atoms with Crippen LogP contribution in [0.2, 0.25) is 0 Å². The number of amides is 1. The predicted octanol–water partition coefficient (Wildman–Crippen LogP) is 2.84. The Kier molecular flexibility index (Phi) is 5.26. The van der Waals surface area contributed by atoms with Crippen molar-refractivity contribution < 1.29 is 9.53 Å². The number of ether oxygens (including phenoxy) is 1. The minimum absolute atomic E-state index is 0.0667. The summed E-state index contributed by atoms with van der Waals surface area (Å²) in [4.78, 5) is 25.6. The van der Waals surface area contributed by atoms with Crippen molar-refractivity contribution in [3.63, 3.8) is 0 Å². The third kappa shape index (κ3) is 4.32. The fourth-order valence-corrected chi connectivity index (χ4v) is 3.57. The molecule has 1 saturated carbocycles. The molecule has 0 bridgehead atoms. The molecule has 2 fully saturated rings. The van der Waals surface area contributed by atoms with Crippen LogP contribution >= 0.6 is 0 Å². The number of allylic oxidation sites excluding steroid dienone is 1. The first-order valence-corrected chi connectivity index (χ1v) is 10.5. The van der Waals surface area contributed by atoms with Gasteiger partial charge in [-0.15, -0.1) is 0 Å². The van der Waals surface area contributed by atoms with Crippen molar-refractivity contribution in [3.8, 4) is 5.88 Å². The van der Waals surface area contributed by atoms with E-state index in [4.69, 9.17) is 15.5 Å². The molecule has 160 valence electrons. The molecule has 1 saturated heterocycles. The van der Waals surface area contributed by atoms with E-state index in [1.807, 2.05) is 40.1 Å². The summed E-state index contributed by atoms with van der Waals surface area (Å²) in [5.41, 5.74) is 8.78. The van der Waals surface area contributed by atoms with E-state index < -0.39 is 0 Å². The van der Waals surface area contributed by atoms with Gasteiger partial charge in [-0.1, -0.05) is 0 Å². The Labute approximate surface area is 176 Å². The minimum atomic E-state index is -0.220. The molecule has 1 aliphatic carbocycles. The molecule has 0 aromatic carbocycles. The molecule has 2 aromatic rings. The zero-order chi connectivity index (χ0) is 21.5. The number of aliphatic imine (C=N–C) groups is 1. The van der Waals surface area contributed by atoms with Crippen molar-refractivity contribution >= 4 is 28.7 Å². The summed E-state index contributed by atoms with van der Waals surface area (Å²) in [6, 6.07) is 2.38. The Morgan fingerprint density at radius 1 is 1.43 bits per heavy atom. The molecule has 2 atom stereocenters. The van der Waals surface area contributed by atoms with Crippen molar-refractivity contribution in [2.45, 2.75) is 64.6 Å². The van der Waals surface area contributed by atoms with Crippen LogP contribution in [0, 0.1) is 5.92 Å². The smallest absolute Gasteiger partial charge is 0.241 e. The number of hydrogen-bond donors (Lipinski definition) is 2. The summed E-state index contributed by atoms with van der Waals surface area (Å²) < 4.78 is 8.49. The van der Waals surface area contributed by atoms with E-state index >= 15 is 0 Å². The van der Waals surface area contributed by atoms with Crippen LogP contribution in [-0.4, -0.2) is 44.8 Å². The molecule has 3 heterocycles. The van der Waals surface area contributed by atoms with Crippen LogP contribution in [0.4, 0.5) is 0 Å². The highest BCUT2D eigenvalue weighted by molar-refractivity contribution is 6.09. The number of pyridine rings is 1. The normalized spacial score (nSPS) is 21.4. The highest BCUT2D eigenvalue weighted by Crippen LogP contribution is 2.40. The maximum absolute atomic E-state index is 11.6. The van der Waals surface area contributed by atoms with Gasteiger partial charge in [-0.05, 0) is 46.6 Å². The molecule has 2 aromatic heterocycles. The number of fused-ring (bicyclic) bond motifs is 1. The fraction of sp³-hybridized carbons (Fsp3) is 0.545. The van der Waals surface area contributed by atoms with E-state index in [0.717, 1.165) is 23.9 Å². The zero-order valence-corrected chi connectivity index (χ0v) is 18.1. The van der Waals surface area contributed by atoms with Crippen molar-refractivity contribution in [1.82, 2.24) is 19.9 Å². The van der Waals surface area contributed by atoms with Gasteiger partial charge in [-0.25, -0.2) is 9.97 Å². The molecular weight excluding hydrogens is 380 g/mol. The molecule has 1 amide bonds. The number of carbonyl (C=O) groups excluding carboxylic acids is 1. The topological polar surface area (TPSA) is 107 Å². The maximum Gasteiger partial charge on any atom is 0.241 e. The van der Waals surface area contributed by atoms with Gasteiger partial charge in [0.15, 0.2) is 0 Å². The van der Waals surface area contributed by atoms with E-state index in [9.17, 15) is 4.79 Å². The lowest BCUT2D eigenvalue weighted by Crippen LogP contribution is -2.26. The lowest BCUT2D eigenvalue weighted by atomic mass is 10.0. The lowest BCUT2D eigenvalue weighted by molar-refractivity contribution is -0.119. The molecule has 1 aliphatic heterocycles. The number of nitrogens with one attached hydrogen (secondary N) is 1. The first kappa shape index (κ1) is 20.4. The van der Waals surface area contributed by atoms with Crippen molar-refractivity contribution in [3.05, 3.63) is 24.3 Å². The molecule has 8 heteroatoms. The molecular formula is C22H30N6O2. The van der Waals surface area contributed by atoms with E-state index in [1.165, 1.54) is 6.20 Å². The van der Waals surface area contributed by atoms with E-state index in [-0.39, 0.29) is 23.5 Å². The number of nitrogens with zero attached hydrogens (tertiary/aromatic N) is 4. The van der Waals surface area contributed by atoms with E-state index in [0.29, 0.717) is 36.2 Å². The van der Waals surface area contributed by atoms with Gasteiger partial charge < -0.3 is 20.4 Å². The van der Waals surface area contributed by atoms with Crippen molar-refractivity contribution in [1.29, 1.82) is 0 Å². The molecule has 30 heavy (non-hydrogen) atoms. The number of rotatable bonds is 6. The van der Waals surface area contributed by atoms with Gasteiger partial charge in [0.2, 0.25) is 11.8 Å².